The smallest absolute Gasteiger partial charge is 0.228 e. The van der Waals surface area contributed by atoms with E-state index < -0.39 is 0 Å². The number of nitrogens with one attached hydrogen (secondary N) is 2. The van der Waals surface area contributed by atoms with Crippen LogP contribution in [0.25, 0.3) is 15.9 Å². The Hall–Kier alpha value is -3.90. The lowest BCUT2D eigenvalue weighted by Gasteiger charge is -2.29. The zero-order valence-electron chi connectivity index (χ0n) is 20.1. The van der Waals surface area contributed by atoms with Gasteiger partial charge in [0.05, 0.1) is 42.2 Å². The van der Waals surface area contributed by atoms with Crippen molar-refractivity contribution in [3.05, 3.63) is 88.0 Å². The molecule has 1 fully saturated rings. The summed E-state index contributed by atoms with van der Waals surface area (Å²) in [5, 5.41) is 13.5. The molecule has 37 heavy (non-hydrogen) atoms. The summed E-state index contributed by atoms with van der Waals surface area (Å²) in [5.74, 6) is 0.885. The SMILES string of the molecule is [C-]#[N+]c1cnc2[nH]cc(C(=O)c3ccc(Oc4ccc(C)cc4)cc3Cl)c2c1N[C@@H]1CC[C@@H](CO)OC1. The molecule has 8 nitrogen and oxygen atoms in total. The van der Waals surface area contributed by atoms with Gasteiger partial charge in [-0.25, -0.2) is 9.83 Å². The molecule has 1 saturated heterocycles. The Labute approximate surface area is 219 Å². The maximum absolute atomic E-state index is 13.6. The van der Waals surface area contributed by atoms with Crippen LogP contribution in [0.15, 0.2) is 54.9 Å². The van der Waals surface area contributed by atoms with Crippen LogP contribution in [0.1, 0.15) is 34.3 Å². The van der Waals surface area contributed by atoms with Gasteiger partial charge in [0.2, 0.25) is 5.69 Å². The van der Waals surface area contributed by atoms with Gasteiger partial charge in [0.15, 0.2) is 5.78 Å². The van der Waals surface area contributed by atoms with E-state index in [9.17, 15) is 9.90 Å². The van der Waals surface area contributed by atoms with Crippen molar-refractivity contribution in [2.75, 3.05) is 18.5 Å². The van der Waals surface area contributed by atoms with Crippen molar-refractivity contribution >= 4 is 39.8 Å². The van der Waals surface area contributed by atoms with Crippen molar-refractivity contribution in [1.29, 1.82) is 0 Å². The molecule has 0 unspecified atom stereocenters. The number of rotatable bonds is 7. The second-order valence-electron chi connectivity index (χ2n) is 9.00. The van der Waals surface area contributed by atoms with E-state index in [1.807, 2.05) is 31.2 Å². The molecule has 3 N–H and O–H groups in total. The summed E-state index contributed by atoms with van der Waals surface area (Å²) >= 11 is 6.54. The molecule has 0 amide bonds. The van der Waals surface area contributed by atoms with Gasteiger partial charge in [0, 0.05) is 35.5 Å². The molecular formula is C28H25ClN4O4. The number of aryl methyl sites for hydroxylation is 1. The second-order valence-corrected chi connectivity index (χ2v) is 9.41. The van der Waals surface area contributed by atoms with Crippen molar-refractivity contribution in [2.45, 2.75) is 31.9 Å². The quantitative estimate of drug-likeness (QED) is 0.204. The van der Waals surface area contributed by atoms with Gasteiger partial charge in [-0.05, 0) is 44.0 Å². The van der Waals surface area contributed by atoms with Gasteiger partial charge in [0.1, 0.15) is 17.1 Å². The number of aromatic amines is 1. The number of halogens is 1. The number of hydrogen-bond donors (Lipinski definition) is 3. The van der Waals surface area contributed by atoms with Crippen molar-refractivity contribution < 1.29 is 19.4 Å². The van der Waals surface area contributed by atoms with E-state index in [1.165, 1.54) is 6.20 Å². The summed E-state index contributed by atoms with van der Waals surface area (Å²) < 4.78 is 11.6. The standard InChI is InChI=1S/C28H25ClN4O4/c1-16-3-6-18(7-4-16)37-19-9-10-21(23(29)11-19)27(35)22-12-31-28-25(22)26(24(30-2)13-32-28)33-17-5-8-20(14-34)36-15-17/h3-4,6-7,9-13,17,20,34H,5,8,14-15H2,1H3,(H2,31,32,33)/t17-,20+/m1/s1. The first-order chi connectivity index (χ1) is 18.0. The lowest BCUT2D eigenvalue weighted by atomic mass is 10.0. The highest BCUT2D eigenvalue weighted by molar-refractivity contribution is 6.36. The Morgan fingerprint density at radius 3 is 2.70 bits per heavy atom. The number of ether oxygens (including phenoxy) is 2. The number of fused-ring (bicyclic) bond motifs is 1. The topological polar surface area (TPSA) is 101 Å². The van der Waals surface area contributed by atoms with Gasteiger partial charge in [-0.15, -0.1) is 0 Å². The molecule has 188 valence electrons. The Bertz CT molecular complexity index is 1480. The minimum absolute atomic E-state index is 0.0222. The fourth-order valence-corrected chi connectivity index (χ4v) is 4.65. The van der Waals surface area contributed by atoms with Crippen molar-refractivity contribution in [3.63, 3.8) is 0 Å². The van der Waals surface area contributed by atoms with Crippen LogP contribution in [0.2, 0.25) is 5.02 Å². The minimum Gasteiger partial charge on any atom is -0.457 e. The molecule has 2 aromatic heterocycles. The van der Waals surface area contributed by atoms with Crippen LogP contribution in [0.3, 0.4) is 0 Å². The number of benzene rings is 2. The molecule has 0 saturated carbocycles. The molecule has 3 heterocycles. The van der Waals surface area contributed by atoms with E-state index in [4.69, 9.17) is 27.6 Å². The van der Waals surface area contributed by atoms with Crippen LogP contribution < -0.4 is 10.1 Å². The van der Waals surface area contributed by atoms with Crippen molar-refractivity contribution in [2.24, 2.45) is 0 Å². The van der Waals surface area contributed by atoms with E-state index in [0.717, 1.165) is 12.0 Å². The predicted molar refractivity (Wildman–Crippen MR) is 142 cm³/mol. The third-order valence-corrected chi connectivity index (χ3v) is 6.72. The van der Waals surface area contributed by atoms with E-state index in [2.05, 4.69) is 20.1 Å². The van der Waals surface area contributed by atoms with Crippen LogP contribution in [0.5, 0.6) is 11.5 Å². The van der Waals surface area contributed by atoms with Crippen LogP contribution in [0, 0.1) is 13.5 Å². The zero-order valence-corrected chi connectivity index (χ0v) is 20.9. The van der Waals surface area contributed by atoms with Gasteiger partial charge in [-0.2, -0.15) is 0 Å². The molecular weight excluding hydrogens is 492 g/mol. The summed E-state index contributed by atoms with van der Waals surface area (Å²) in [7, 11) is 0. The number of anilines is 1. The van der Waals surface area contributed by atoms with Gasteiger partial charge >= 0.3 is 0 Å². The Balaban J connectivity index is 1.45. The predicted octanol–water partition coefficient (Wildman–Crippen LogP) is 6.05. The average Bonchev–Trinajstić information content (AvgIpc) is 3.35. The first kappa shape index (κ1) is 24.8. The normalized spacial score (nSPS) is 17.4. The number of aromatic nitrogens is 2. The van der Waals surface area contributed by atoms with E-state index in [-0.39, 0.29) is 29.6 Å². The number of carbonyl (C=O) groups is 1. The van der Waals surface area contributed by atoms with Crippen LogP contribution >= 0.6 is 11.6 Å². The number of aliphatic hydroxyl groups excluding tert-OH is 1. The van der Waals surface area contributed by atoms with E-state index >= 15 is 0 Å². The summed E-state index contributed by atoms with van der Waals surface area (Å²) in [5.41, 5.74) is 3.10. The van der Waals surface area contributed by atoms with Gasteiger partial charge < -0.3 is 24.9 Å². The zero-order chi connectivity index (χ0) is 25.9. The molecule has 0 radical (unpaired) electrons. The Morgan fingerprint density at radius 2 is 2.03 bits per heavy atom. The summed E-state index contributed by atoms with van der Waals surface area (Å²) in [6, 6.07) is 12.5. The van der Waals surface area contributed by atoms with Gasteiger partial charge in [0.25, 0.3) is 0 Å². The highest BCUT2D eigenvalue weighted by atomic mass is 35.5. The number of ketones is 1. The van der Waals surface area contributed by atoms with E-state index in [1.54, 1.807) is 24.4 Å². The maximum Gasteiger partial charge on any atom is 0.228 e. The largest absolute Gasteiger partial charge is 0.457 e. The molecule has 2 aromatic carbocycles. The fraction of sp³-hybridized carbons (Fsp3) is 0.250. The van der Waals surface area contributed by atoms with Crippen molar-refractivity contribution in [3.8, 4) is 11.5 Å². The molecule has 1 aliphatic heterocycles. The molecule has 9 heteroatoms. The summed E-state index contributed by atoms with van der Waals surface area (Å²) in [6.45, 7) is 10.0. The molecule has 4 aromatic rings. The molecule has 0 spiro atoms. The number of nitrogens with zero attached hydrogens (tertiary/aromatic N) is 2. The first-order valence-corrected chi connectivity index (χ1v) is 12.3. The number of carbonyl (C=O) groups excluding carboxylic acids is 1. The fourth-order valence-electron chi connectivity index (χ4n) is 4.39. The maximum atomic E-state index is 13.6. The molecule has 0 bridgehead atoms. The third-order valence-electron chi connectivity index (χ3n) is 6.41. The highest BCUT2D eigenvalue weighted by Crippen LogP contribution is 2.37. The van der Waals surface area contributed by atoms with E-state index in [0.29, 0.717) is 58.1 Å². The lowest BCUT2D eigenvalue weighted by molar-refractivity contribution is -0.0223. The Kier molecular flexibility index (Phi) is 7.10. The lowest BCUT2D eigenvalue weighted by Crippen LogP contribution is -2.36. The molecule has 5 rings (SSSR count). The number of pyridine rings is 1. The highest BCUT2D eigenvalue weighted by Gasteiger charge is 2.26. The first-order valence-electron chi connectivity index (χ1n) is 11.9. The molecule has 2 atom stereocenters. The second kappa shape index (κ2) is 10.6. The van der Waals surface area contributed by atoms with Crippen LogP contribution in [-0.4, -0.2) is 46.2 Å². The van der Waals surface area contributed by atoms with Gasteiger partial charge in [-0.1, -0.05) is 29.3 Å². The monoisotopic (exact) mass is 516 g/mol. The Morgan fingerprint density at radius 1 is 1.24 bits per heavy atom. The number of aliphatic hydroxyl groups is 1. The average molecular weight is 517 g/mol. The number of H-pyrrole nitrogens is 1. The molecule has 0 aliphatic carbocycles. The summed E-state index contributed by atoms with van der Waals surface area (Å²) in [4.78, 5) is 24.6. The summed E-state index contributed by atoms with van der Waals surface area (Å²) in [6.07, 6.45) is 4.34. The minimum atomic E-state index is -0.301. The van der Waals surface area contributed by atoms with Crippen molar-refractivity contribution in [1.82, 2.24) is 9.97 Å². The van der Waals surface area contributed by atoms with Crippen LogP contribution in [-0.2, 0) is 4.74 Å². The van der Waals surface area contributed by atoms with Crippen LogP contribution in [0.4, 0.5) is 11.4 Å². The molecule has 1 aliphatic rings. The third kappa shape index (κ3) is 5.16. The van der Waals surface area contributed by atoms with Gasteiger partial charge in [-0.3, -0.25) is 4.79 Å². The number of hydrogen-bond acceptors (Lipinski definition) is 6.